The van der Waals surface area contributed by atoms with Gasteiger partial charge in [-0.3, -0.25) is 4.79 Å². The van der Waals surface area contributed by atoms with E-state index in [9.17, 15) is 13.2 Å². The number of aryl methyl sites for hydroxylation is 1. The van der Waals surface area contributed by atoms with Gasteiger partial charge in [-0.2, -0.15) is 4.31 Å². The number of nitrogens with one attached hydrogen (secondary N) is 1. The van der Waals surface area contributed by atoms with E-state index in [0.717, 1.165) is 11.1 Å². The molecular formula is C24H32N2O4S. The zero-order valence-corrected chi connectivity index (χ0v) is 19.8. The maximum absolute atomic E-state index is 13.0. The van der Waals surface area contributed by atoms with Crippen LogP contribution in [0.3, 0.4) is 0 Å². The monoisotopic (exact) mass is 444 g/mol. The number of sulfonamides is 1. The second kappa shape index (κ2) is 9.01. The molecule has 1 saturated heterocycles. The maximum atomic E-state index is 13.0. The van der Waals surface area contributed by atoms with Crippen molar-refractivity contribution < 1.29 is 17.9 Å². The fourth-order valence-electron chi connectivity index (χ4n) is 3.79. The first kappa shape index (κ1) is 23.3. The van der Waals surface area contributed by atoms with Crippen LogP contribution in [0.4, 0.5) is 5.69 Å². The van der Waals surface area contributed by atoms with E-state index in [1.807, 2.05) is 37.3 Å². The number of nitrogens with zero attached hydrogens (tertiary/aromatic N) is 1. The van der Waals surface area contributed by atoms with Crippen molar-refractivity contribution >= 4 is 21.6 Å². The molecule has 2 aromatic rings. The lowest BCUT2D eigenvalue weighted by atomic mass is 9.87. The van der Waals surface area contributed by atoms with Crippen LogP contribution in [0.25, 0.3) is 0 Å². The first-order valence-electron chi connectivity index (χ1n) is 10.6. The van der Waals surface area contributed by atoms with Gasteiger partial charge in [-0.05, 0) is 60.6 Å². The van der Waals surface area contributed by atoms with Gasteiger partial charge in [0.2, 0.25) is 15.9 Å². The van der Waals surface area contributed by atoms with Gasteiger partial charge >= 0.3 is 0 Å². The molecule has 0 saturated carbocycles. The zero-order valence-electron chi connectivity index (χ0n) is 18.9. The third kappa shape index (κ3) is 5.28. The third-order valence-corrected chi connectivity index (χ3v) is 7.71. The molecule has 1 heterocycles. The zero-order chi connectivity index (χ0) is 22.8. The maximum Gasteiger partial charge on any atom is 0.243 e. The number of hydrogen-bond donors (Lipinski definition) is 1. The molecule has 0 unspecified atom stereocenters. The molecule has 1 aliphatic rings. The van der Waals surface area contributed by atoms with Gasteiger partial charge in [-0.25, -0.2) is 8.42 Å². The van der Waals surface area contributed by atoms with Crippen molar-refractivity contribution in [2.24, 2.45) is 5.92 Å². The topological polar surface area (TPSA) is 75.7 Å². The molecule has 0 bridgehead atoms. The molecule has 0 aliphatic carbocycles. The van der Waals surface area contributed by atoms with Crippen LogP contribution in [0.2, 0.25) is 0 Å². The molecule has 1 fully saturated rings. The second-order valence-corrected chi connectivity index (χ2v) is 11.1. The molecule has 0 radical (unpaired) electrons. The van der Waals surface area contributed by atoms with Gasteiger partial charge in [-0.15, -0.1) is 0 Å². The van der Waals surface area contributed by atoms with Crippen LogP contribution in [0, 0.1) is 12.8 Å². The summed E-state index contributed by atoms with van der Waals surface area (Å²) in [6.07, 6.45) is 0.971. The van der Waals surface area contributed by atoms with Gasteiger partial charge in [0.25, 0.3) is 0 Å². The Bertz CT molecular complexity index is 1030. The van der Waals surface area contributed by atoms with Crippen LogP contribution in [0.5, 0.6) is 5.75 Å². The average molecular weight is 445 g/mol. The Morgan fingerprint density at radius 3 is 2.23 bits per heavy atom. The minimum atomic E-state index is -3.57. The second-order valence-electron chi connectivity index (χ2n) is 9.15. The number of methoxy groups -OCH3 is 1. The predicted molar refractivity (Wildman–Crippen MR) is 123 cm³/mol. The molecule has 6 nitrogen and oxygen atoms in total. The van der Waals surface area contributed by atoms with Crippen molar-refractivity contribution in [3.63, 3.8) is 0 Å². The van der Waals surface area contributed by atoms with Gasteiger partial charge in [0, 0.05) is 19.0 Å². The highest BCUT2D eigenvalue weighted by atomic mass is 32.2. The Kier molecular flexibility index (Phi) is 6.76. The van der Waals surface area contributed by atoms with Crippen LogP contribution < -0.4 is 10.1 Å². The number of rotatable bonds is 5. The number of amides is 1. The highest BCUT2D eigenvalue weighted by Crippen LogP contribution is 2.29. The van der Waals surface area contributed by atoms with Gasteiger partial charge in [0.1, 0.15) is 5.75 Å². The molecule has 7 heteroatoms. The fraction of sp³-hybridized carbons (Fsp3) is 0.458. The SMILES string of the molecule is COc1ccc(C)cc1NC(=O)C1CCN(S(=O)(=O)c2ccc(C(C)(C)C)cc2)CC1. The van der Waals surface area contributed by atoms with E-state index in [1.165, 1.54) is 4.31 Å². The van der Waals surface area contributed by atoms with E-state index in [-0.39, 0.29) is 17.2 Å². The largest absolute Gasteiger partial charge is 0.495 e. The van der Waals surface area contributed by atoms with Crippen LogP contribution in [-0.2, 0) is 20.2 Å². The van der Waals surface area contributed by atoms with Crippen molar-refractivity contribution in [1.29, 1.82) is 0 Å². The summed E-state index contributed by atoms with van der Waals surface area (Å²) >= 11 is 0. The predicted octanol–water partition coefficient (Wildman–Crippen LogP) is 4.34. The van der Waals surface area contributed by atoms with Crippen molar-refractivity contribution in [3.8, 4) is 5.75 Å². The summed E-state index contributed by atoms with van der Waals surface area (Å²) < 4.78 is 32.9. The molecule has 168 valence electrons. The summed E-state index contributed by atoms with van der Waals surface area (Å²) in [4.78, 5) is 13.1. The standard InChI is InChI=1S/C24H32N2O4S/c1-17-6-11-22(30-5)21(16-17)25-23(27)18-12-14-26(15-13-18)31(28,29)20-9-7-19(8-10-20)24(2,3)4/h6-11,16,18H,12-15H2,1-5H3,(H,25,27). The summed E-state index contributed by atoms with van der Waals surface area (Å²) in [5, 5.41) is 2.95. The molecule has 0 atom stereocenters. The number of benzene rings is 2. The number of anilines is 1. The number of carbonyl (C=O) groups excluding carboxylic acids is 1. The lowest BCUT2D eigenvalue weighted by Crippen LogP contribution is -2.41. The lowest BCUT2D eigenvalue weighted by molar-refractivity contribution is -0.120. The number of hydrogen-bond acceptors (Lipinski definition) is 4. The van der Waals surface area contributed by atoms with Crippen LogP contribution in [0.1, 0.15) is 44.7 Å². The molecule has 31 heavy (non-hydrogen) atoms. The Balaban J connectivity index is 1.65. The van der Waals surface area contributed by atoms with Crippen LogP contribution in [-0.4, -0.2) is 38.8 Å². The molecule has 0 spiro atoms. The molecule has 1 aliphatic heterocycles. The average Bonchev–Trinajstić information content (AvgIpc) is 2.73. The Morgan fingerprint density at radius 1 is 1.06 bits per heavy atom. The number of carbonyl (C=O) groups is 1. The van der Waals surface area contributed by atoms with Crippen molar-refractivity contribution in [3.05, 3.63) is 53.6 Å². The number of piperidine rings is 1. The van der Waals surface area contributed by atoms with Gasteiger partial charge in [0.15, 0.2) is 0 Å². The molecule has 3 rings (SSSR count). The van der Waals surface area contributed by atoms with E-state index in [0.29, 0.717) is 42.3 Å². The van der Waals surface area contributed by atoms with Crippen molar-refractivity contribution in [2.75, 3.05) is 25.5 Å². The minimum Gasteiger partial charge on any atom is -0.495 e. The molecular weight excluding hydrogens is 412 g/mol. The first-order chi connectivity index (χ1) is 14.5. The van der Waals surface area contributed by atoms with Crippen molar-refractivity contribution in [1.82, 2.24) is 4.31 Å². The molecule has 1 amide bonds. The normalized spacial score (nSPS) is 16.2. The highest BCUT2D eigenvalue weighted by molar-refractivity contribution is 7.89. The Labute approximate surface area is 185 Å². The van der Waals surface area contributed by atoms with Crippen LogP contribution >= 0.6 is 0 Å². The Morgan fingerprint density at radius 2 is 1.68 bits per heavy atom. The van der Waals surface area contributed by atoms with E-state index < -0.39 is 10.0 Å². The van der Waals surface area contributed by atoms with E-state index in [2.05, 4.69) is 26.1 Å². The molecule has 0 aromatic heterocycles. The molecule has 1 N–H and O–H groups in total. The minimum absolute atomic E-state index is 0.0338. The van der Waals surface area contributed by atoms with E-state index in [1.54, 1.807) is 19.2 Å². The summed E-state index contributed by atoms with van der Waals surface area (Å²) in [6.45, 7) is 8.89. The van der Waals surface area contributed by atoms with Crippen LogP contribution in [0.15, 0.2) is 47.4 Å². The summed E-state index contributed by atoms with van der Waals surface area (Å²) in [5.74, 6) is 0.271. The number of ether oxygens (including phenoxy) is 1. The summed E-state index contributed by atoms with van der Waals surface area (Å²) in [6, 6.07) is 12.7. The fourth-order valence-corrected chi connectivity index (χ4v) is 5.26. The van der Waals surface area contributed by atoms with E-state index >= 15 is 0 Å². The first-order valence-corrected chi connectivity index (χ1v) is 12.0. The lowest BCUT2D eigenvalue weighted by Gasteiger charge is -2.31. The smallest absolute Gasteiger partial charge is 0.243 e. The van der Waals surface area contributed by atoms with E-state index in [4.69, 9.17) is 4.74 Å². The van der Waals surface area contributed by atoms with Gasteiger partial charge in [-0.1, -0.05) is 39.0 Å². The highest BCUT2D eigenvalue weighted by Gasteiger charge is 2.32. The summed E-state index contributed by atoms with van der Waals surface area (Å²) in [5.41, 5.74) is 2.72. The quantitative estimate of drug-likeness (QED) is 0.744. The van der Waals surface area contributed by atoms with Crippen molar-refractivity contribution in [2.45, 2.75) is 50.8 Å². The van der Waals surface area contributed by atoms with Gasteiger partial charge < -0.3 is 10.1 Å². The molecule has 2 aromatic carbocycles. The van der Waals surface area contributed by atoms with Gasteiger partial charge in [0.05, 0.1) is 17.7 Å². The Hall–Kier alpha value is -2.38. The summed E-state index contributed by atoms with van der Waals surface area (Å²) in [7, 11) is -2.00. The third-order valence-electron chi connectivity index (χ3n) is 5.80.